The first-order valence-corrected chi connectivity index (χ1v) is 14.8. The van der Waals surface area contributed by atoms with E-state index in [0.717, 1.165) is 21.5 Å². The van der Waals surface area contributed by atoms with Gasteiger partial charge in [-0.2, -0.15) is 0 Å². The summed E-state index contributed by atoms with van der Waals surface area (Å²) in [7, 11) is 1.36. The minimum absolute atomic E-state index is 0.0487. The van der Waals surface area contributed by atoms with Crippen LogP contribution in [0.5, 0.6) is 0 Å². The topological polar surface area (TPSA) is 101 Å². The molecule has 1 fully saturated rings. The molecule has 40 heavy (non-hydrogen) atoms. The molecule has 3 heterocycles. The summed E-state index contributed by atoms with van der Waals surface area (Å²) in [4.78, 5) is 54.3. The maximum absolute atomic E-state index is 13.4. The number of likely N-dealkylation sites (tertiary alicyclic amines) is 1. The molecule has 0 atom stereocenters. The molecule has 2 aromatic heterocycles. The Morgan fingerprint density at radius 3 is 2.52 bits per heavy atom. The van der Waals surface area contributed by atoms with Crippen LogP contribution in [0.2, 0.25) is 0 Å². The average Bonchev–Trinajstić information content (AvgIpc) is 3.54. The first kappa shape index (κ1) is 29.3. The zero-order valence-electron chi connectivity index (χ0n) is 23.5. The fourth-order valence-corrected chi connectivity index (χ4v) is 6.02. The fourth-order valence-electron chi connectivity index (χ4n) is 5.19. The Bertz CT molecular complexity index is 1360. The predicted molar refractivity (Wildman–Crippen MR) is 157 cm³/mol. The number of likely N-dealkylation sites (N-methyl/N-ethyl adjacent to an activating group) is 1. The SMILES string of the molecule is CCN(C(=O)Cn1c(C(=O)NC2CCN(C(=O)CCCCC(=O)OC)CC2)cc2sccc21)c1cccc(C)c1. The van der Waals surface area contributed by atoms with E-state index in [-0.39, 0.29) is 36.3 Å². The third kappa shape index (κ3) is 7.10. The number of methoxy groups -OCH3 is 1. The highest BCUT2D eigenvalue weighted by Gasteiger charge is 2.26. The molecular formula is C30H38N4O5S. The second-order valence-corrected chi connectivity index (χ2v) is 11.1. The number of amides is 3. The fraction of sp³-hybridized carbons (Fsp3) is 0.467. The van der Waals surface area contributed by atoms with Gasteiger partial charge in [-0.25, -0.2) is 0 Å². The summed E-state index contributed by atoms with van der Waals surface area (Å²) in [6.07, 6.45) is 3.35. The van der Waals surface area contributed by atoms with Crippen LogP contribution in [0.3, 0.4) is 0 Å². The zero-order chi connectivity index (χ0) is 28.6. The van der Waals surface area contributed by atoms with Crippen LogP contribution in [0.25, 0.3) is 10.2 Å². The quantitative estimate of drug-likeness (QED) is 0.272. The van der Waals surface area contributed by atoms with E-state index >= 15 is 0 Å². The van der Waals surface area contributed by atoms with Crippen molar-refractivity contribution < 1.29 is 23.9 Å². The number of carbonyl (C=O) groups is 4. The van der Waals surface area contributed by atoms with Gasteiger partial charge in [0.1, 0.15) is 12.2 Å². The third-order valence-electron chi connectivity index (χ3n) is 7.41. The molecule has 214 valence electrons. The number of aryl methyl sites for hydroxylation is 1. The van der Waals surface area contributed by atoms with Gasteiger partial charge in [-0.15, -0.1) is 11.3 Å². The maximum atomic E-state index is 13.4. The number of esters is 1. The Hall–Kier alpha value is -3.66. The lowest BCUT2D eigenvalue weighted by Crippen LogP contribution is -2.47. The van der Waals surface area contributed by atoms with Crippen LogP contribution >= 0.6 is 11.3 Å². The summed E-state index contributed by atoms with van der Waals surface area (Å²) < 4.78 is 7.41. The largest absolute Gasteiger partial charge is 0.469 e. The number of thiophene rings is 1. The molecule has 0 unspecified atom stereocenters. The number of unbranched alkanes of at least 4 members (excludes halogenated alkanes) is 1. The molecule has 0 radical (unpaired) electrons. The third-order valence-corrected chi connectivity index (χ3v) is 8.26. The molecule has 9 nitrogen and oxygen atoms in total. The summed E-state index contributed by atoms with van der Waals surface area (Å²) in [5.74, 6) is -0.462. The Labute approximate surface area is 239 Å². The van der Waals surface area contributed by atoms with E-state index in [0.29, 0.717) is 63.9 Å². The minimum Gasteiger partial charge on any atom is -0.469 e. The smallest absolute Gasteiger partial charge is 0.305 e. The van der Waals surface area contributed by atoms with Gasteiger partial charge in [-0.05, 0) is 74.7 Å². The molecule has 1 aromatic carbocycles. The van der Waals surface area contributed by atoms with Crippen LogP contribution in [-0.4, -0.2) is 65.9 Å². The lowest BCUT2D eigenvalue weighted by atomic mass is 10.0. The van der Waals surface area contributed by atoms with Gasteiger partial charge in [0.05, 0.1) is 17.3 Å². The van der Waals surface area contributed by atoms with E-state index in [9.17, 15) is 19.2 Å². The second kappa shape index (κ2) is 13.6. The number of nitrogens with one attached hydrogen (secondary N) is 1. The highest BCUT2D eigenvalue weighted by Crippen LogP contribution is 2.27. The number of hydrogen-bond acceptors (Lipinski definition) is 6. The van der Waals surface area contributed by atoms with Crippen molar-refractivity contribution in [1.29, 1.82) is 0 Å². The molecule has 0 aliphatic carbocycles. The Balaban J connectivity index is 1.36. The van der Waals surface area contributed by atoms with Crippen LogP contribution in [0.15, 0.2) is 41.8 Å². The number of aromatic nitrogens is 1. The molecule has 3 amide bonds. The number of ether oxygens (including phenoxy) is 1. The summed E-state index contributed by atoms with van der Waals surface area (Å²) >= 11 is 1.54. The van der Waals surface area contributed by atoms with Crippen LogP contribution in [0.4, 0.5) is 5.69 Å². The van der Waals surface area contributed by atoms with Gasteiger partial charge < -0.3 is 24.4 Å². The molecule has 1 saturated heterocycles. The molecule has 3 aromatic rings. The molecule has 1 N–H and O–H groups in total. The van der Waals surface area contributed by atoms with Gasteiger partial charge in [0, 0.05) is 44.2 Å². The van der Waals surface area contributed by atoms with Gasteiger partial charge in [-0.3, -0.25) is 19.2 Å². The number of carbonyl (C=O) groups excluding carboxylic acids is 4. The molecule has 0 bridgehead atoms. The van der Waals surface area contributed by atoms with E-state index in [2.05, 4.69) is 10.1 Å². The van der Waals surface area contributed by atoms with Gasteiger partial charge >= 0.3 is 5.97 Å². The van der Waals surface area contributed by atoms with Gasteiger partial charge in [-0.1, -0.05) is 12.1 Å². The number of piperidine rings is 1. The summed E-state index contributed by atoms with van der Waals surface area (Å²) in [5, 5.41) is 5.11. The first-order valence-electron chi connectivity index (χ1n) is 13.9. The first-order chi connectivity index (χ1) is 19.3. The van der Waals surface area contributed by atoms with Gasteiger partial charge in [0.15, 0.2) is 0 Å². The van der Waals surface area contributed by atoms with Crippen molar-refractivity contribution in [2.75, 3.05) is 31.6 Å². The van der Waals surface area contributed by atoms with Crippen LogP contribution in [-0.2, 0) is 25.7 Å². The number of hydrogen-bond donors (Lipinski definition) is 1. The maximum Gasteiger partial charge on any atom is 0.305 e. The second-order valence-electron chi connectivity index (χ2n) is 10.2. The lowest BCUT2D eigenvalue weighted by molar-refractivity contribution is -0.141. The van der Waals surface area contributed by atoms with Crippen LogP contribution in [0.1, 0.15) is 61.5 Å². The molecule has 1 aliphatic heterocycles. The lowest BCUT2D eigenvalue weighted by Gasteiger charge is -2.32. The van der Waals surface area contributed by atoms with Gasteiger partial charge in [0.2, 0.25) is 11.8 Å². The summed E-state index contributed by atoms with van der Waals surface area (Å²) in [6.45, 7) is 5.70. The Kier molecular flexibility index (Phi) is 9.98. The molecule has 1 aliphatic rings. The van der Waals surface area contributed by atoms with Crippen molar-refractivity contribution in [1.82, 2.24) is 14.8 Å². The molecule has 4 rings (SSSR count). The van der Waals surface area contributed by atoms with E-state index in [1.54, 1.807) is 16.2 Å². The van der Waals surface area contributed by atoms with Crippen LogP contribution < -0.4 is 10.2 Å². The number of anilines is 1. The van der Waals surface area contributed by atoms with E-state index < -0.39 is 0 Å². The minimum atomic E-state index is -0.256. The van der Waals surface area contributed by atoms with E-state index in [1.165, 1.54) is 7.11 Å². The number of nitrogens with zero attached hydrogens (tertiary/aromatic N) is 3. The standard InChI is InChI=1S/C30H38N4O5S/c1-4-33(23-9-7-8-21(2)18-23)28(36)20-34-24-14-17-40-26(24)19-25(34)30(38)31-22-12-15-32(16-13-22)27(35)10-5-6-11-29(37)39-3/h7-9,14,17-19,22H,4-6,10-13,15-16,20H2,1-3H3,(H,31,38). The molecule has 0 spiro atoms. The van der Waals surface area contributed by atoms with Crippen molar-refractivity contribution >= 4 is 50.9 Å². The van der Waals surface area contributed by atoms with Crippen LogP contribution in [0, 0.1) is 6.92 Å². The molecular weight excluding hydrogens is 528 g/mol. The highest BCUT2D eigenvalue weighted by molar-refractivity contribution is 7.17. The normalized spacial score (nSPS) is 13.8. The molecule has 0 saturated carbocycles. The van der Waals surface area contributed by atoms with Crippen molar-refractivity contribution in [3.63, 3.8) is 0 Å². The predicted octanol–water partition coefficient (Wildman–Crippen LogP) is 4.52. The number of fused-ring (bicyclic) bond motifs is 1. The van der Waals surface area contributed by atoms with Crippen molar-refractivity contribution in [2.45, 2.75) is 65.0 Å². The average molecular weight is 567 g/mol. The summed E-state index contributed by atoms with van der Waals surface area (Å²) in [6, 6.07) is 11.6. The Morgan fingerprint density at radius 1 is 1.07 bits per heavy atom. The molecule has 10 heteroatoms. The van der Waals surface area contributed by atoms with Crippen molar-refractivity contribution in [3.05, 3.63) is 53.0 Å². The highest BCUT2D eigenvalue weighted by atomic mass is 32.1. The zero-order valence-corrected chi connectivity index (χ0v) is 24.3. The van der Waals surface area contributed by atoms with E-state index in [4.69, 9.17) is 0 Å². The van der Waals surface area contributed by atoms with Gasteiger partial charge in [0.25, 0.3) is 5.91 Å². The number of benzene rings is 1. The van der Waals surface area contributed by atoms with Crippen molar-refractivity contribution in [3.8, 4) is 0 Å². The summed E-state index contributed by atoms with van der Waals surface area (Å²) in [5.41, 5.74) is 3.27. The Morgan fingerprint density at radius 2 is 1.82 bits per heavy atom. The van der Waals surface area contributed by atoms with E-state index in [1.807, 2.05) is 65.1 Å². The van der Waals surface area contributed by atoms with Crippen molar-refractivity contribution in [2.24, 2.45) is 0 Å². The number of rotatable bonds is 11. The monoisotopic (exact) mass is 566 g/mol.